The minimum absolute atomic E-state index is 0.477. The number of hydrogen-bond acceptors (Lipinski definition) is 3. The minimum Gasteiger partial charge on any atom is -0.281 e. The second kappa shape index (κ2) is 3.87. The van der Waals surface area contributed by atoms with Crippen LogP contribution in [0.2, 0.25) is 0 Å². The molecule has 0 fully saturated rings. The van der Waals surface area contributed by atoms with Crippen LogP contribution in [-0.4, -0.2) is 27.7 Å². The topological polar surface area (TPSA) is 64.2 Å². The van der Waals surface area contributed by atoms with Crippen molar-refractivity contribution >= 4 is 6.41 Å². The first-order chi connectivity index (χ1) is 5.72. The number of carbonyl (C=O) groups is 1. The van der Waals surface area contributed by atoms with Crippen LogP contribution in [0.4, 0.5) is 0 Å². The molecule has 0 atom stereocenters. The lowest BCUT2D eigenvalue weighted by Crippen LogP contribution is -2.32. The molecule has 0 aliphatic carbocycles. The minimum atomic E-state index is 0.477. The van der Waals surface area contributed by atoms with Crippen LogP contribution in [0.25, 0.3) is 0 Å². The van der Waals surface area contributed by atoms with Gasteiger partial charge in [-0.1, -0.05) is 0 Å². The molecular weight excluding hydrogens is 156 g/mol. The van der Waals surface area contributed by atoms with Gasteiger partial charge in [0.2, 0.25) is 6.41 Å². The molecule has 0 aliphatic rings. The van der Waals surface area contributed by atoms with Gasteiger partial charge in [-0.05, 0) is 12.5 Å². The Kier molecular flexibility index (Phi) is 2.82. The third-order valence-corrected chi connectivity index (χ3v) is 1.49. The molecule has 0 aliphatic heterocycles. The molecule has 0 saturated heterocycles. The van der Waals surface area contributed by atoms with Crippen LogP contribution in [0.3, 0.4) is 0 Å². The van der Waals surface area contributed by atoms with Crippen LogP contribution >= 0.6 is 0 Å². The molecule has 0 bridgehead atoms. The SMILES string of the molecule is Cc1cnn(CCN(N)C=O)c1. The van der Waals surface area contributed by atoms with Crippen molar-refractivity contribution in [3.05, 3.63) is 18.0 Å². The molecular formula is C7H12N4O. The number of aryl methyl sites for hydroxylation is 1. The highest BCUT2D eigenvalue weighted by atomic mass is 16.1. The number of hydrazine groups is 1. The molecule has 0 radical (unpaired) electrons. The molecule has 5 heteroatoms. The summed E-state index contributed by atoms with van der Waals surface area (Å²) < 4.78 is 1.75. The van der Waals surface area contributed by atoms with Crippen molar-refractivity contribution < 1.29 is 4.79 Å². The zero-order valence-corrected chi connectivity index (χ0v) is 6.97. The quantitative estimate of drug-likeness (QED) is 0.286. The summed E-state index contributed by atoms with van der Waals surface area (Å²) in [6, 6.07) is 0. The number of rotatable bonds is 4. The van der Waals surface area contributed by atoms with Gasteiger partial charge < -0.3 is 0 Å². The van der Waals surface area contributed by atoms with Crippen molar-refractivity contribution in [2.24, 2.45) is 5.84 Å². The normalized spacial score (nSPS) is 9.83. The van der Waals surface area contributed by atoms with Crippen LogP contribution in [-0.2, 0) is 11.3 Å². The number of nitrogens with zero attached hydrogens (tertiary/aromatic N) is 3. The summed E-state index contributed by atoms with van der Waals surface area (Å²) in [5.74, 6) is 5.25. The Morgan fingerprint density at radius 1 is 1.83 bits per heavy atom. The van der Waals surface area contributed by atoms with Crippen LogP contribution in [0, 0.1) is 6.92 Å². The summed E-state index contributed by atoms with van der Waals surface area (Å²) in [7, 11) is 0. The molecule has 0 unspecified atom stereocenters. The first-order valence-electron chi connectivity index (χ1n) is 3.68. The van der Waals surface area contributed by atoms with Crippen LogP contribution < -0.4 is 5.84 Å². The molecule has 66 valence electrons. The Bertz CT molecular complexity index is 258. The van der Waals surface area contributed by atoms with Crippen molar-refractivity contribution in [2.45, 2.75) is 13.5 Å². The fraction of sp³-hybridized carbons (Fsp3) is 0.429. The lowest BCUT2D eigenvalue weighted by atomic mass is 10.4. The highest BCUT2D eigenvalue weighted by Gasteiger charge is 1.96. The number of hydrogen-bond donors (Lipinski definition) is 1. The van der Waals surface area contributed by atoms with Crippen molar-refractivity contribution in [3.63, 3.8) is 0 Å². The maximum absolute atomic E-state index is 10.1. The van der Waals surface area contributed by atoms with E-state index in [0.717, 1.165) is 10.6 Å². The number of amides is 1. The zero-order valence-electron chi connectivity index (χ0n) is 6.97. The predicted octanol–water partition coefficient (Wildman–Crippen LogP) is -0.476. The van der Waals surface area contributed by atoms with E-state index in [0.29, 0.717) is 19.5 Å². The van der Waals surface area contributed by atoms with Gasteiger partial charge >= 0.3 is 0 Å². The molecule has 0 spiro atoms. The molecule has 1 amide bonds. The van der Waals surface area contributed by atoms with Crippen LogP contribution in [0.15, 0.2) is 12.4 Å². The molecule has 1 heterocycles. The van der Waals surface area contributed by atoms with E-state index in [-0.39, 0.29) is 0 Å². The molecule has 5 nitrogen and oxygen atoms in total. The molecule has 0 aromatic carbocycles. The Morgan fingerprint density at radius 3 is 3.08 bits per heavy atom. The second-order valence-corrected chi connectivity index (χ2v) is 2.62. The fourth-order valence-electron chi connectivity index (χ4n) is 0.860. The Hall–Kier alpha value is -1.36. The van der Waals surface area contributed by atoms with Crippen molar-refractivity contribution in [1.82, 2.24) is 14.8 Å². The maximum atomic E-state index is 10.1. The highest BCUT2D eigenvalue weighted by Crippen LogP contribution is 1.93. The highest BCUT2D eigenvalue weighted by molar-refractivity contribution is 5.45. The van der Waals surface area contributed by atoms with Gasteiger partial charge in [-0.3, -0.25) is 14.5 Å². The Balaban J connectivity index is 2.37. The van der Waals surface area contributed by atoms with Gasteiger partial charge in [-0.25, -0.2) is 5.84 Å². The van der Waals surface area contributed by atoms with Gasteiger partial charge in [0, 0.05) is 6.20 Å². The Labute approximate surface area is 70.7 Å². The molecule has 1 aromatic heterocycles. The monoisotopic (exact) mass is 168 g/mol. The van der Waals surface area contributed by atoms with Gasteiger partial charge in [-0.15, -0.1) is 0 Å². The average molecular weight is 168 g/mol. The molecule has 12 heavy (non-hydrogen) atoms. The third kappa shape index (κ3) is 2.35. The molecule has 1 aromatic rings. The second-order valence-electron chi connectivity index (χ2n) is 2.62. The number of aromatic nitrogens is 2. The van der Waals surface area contributed by atoms with E-state index in [4.69, 9.17) is 5.84 Å². The first-order valence-corrected chi connectivity index (χ1v) is 3.68. The first kappa shape index (κ1) is 8.73. The van der Waals surface area contributed by atoms with Crippen molar-refractivity contribution in [3.8, 4) is 0 Å². The van der Waals surface area contributed by atoms with E-state index in [1.165, 1.54) is 0 Å². The lowest BCUT2D eigenvalue weighted by molar-refractivity contribution is -0.118. The summed E-state index contributed by atoms with van der Waals surface area (Å²) in [5, 5.41) is 5.13. The van der Waals surface area contributed by atoms with Gasteiger partial charge in [0.05, 0.1) is 19.3 Å². The maximum Gasteiger partial charge on any atom is 0.223 e. The van der Waals surface area contributed by atoms with E-state index in [1.807, 2.05) is 13.1 Å². The number of nitrogens with two attached hydrogens (primary N) is 1. The Morgan fingerprint density at radius 2 is 2.58 bits per heavy atom. The van der Waals surface area contributed by atoms with E-state index in [2.05, 4.69) is 5.10 Å². The van der Waals surface area contributed by atoms with Gasteiger partial charge in [-0.2, -0.15) is 5.10 Å². The molecule has 2 N–H and O–H groups in total. The van der Waals surface area contributed by atoms with Gasteiger partial charge in [0.15, 0.2) is 0 Å². The summed E-state index contributed by atoms with van der Waals surface area (Å²) in [6.07, 6.45) is 4.26. The van der Waals surface area contributed by atoms with Crippen LogP contribution in [0.1, 0.15) is 5.56 Å². The molecule has 1 rings (SSSR count). The standard InChI is InChI=1S/C7H12N4O/c1-7-4-9-11(5-7)3-2-10(8)6-12/h4-6H,2-3,8H2,1H3. The number of carbonyl (C=O) groups excluding carboxylic acids is 1. The van der Waals surface area contributed by atoms with Gasteiger partial charge in [0.25, 0.3) is 0 Å². The van der Waals surface area contributed by atoms with Crippen molar-refractivity contribution in [1.29, 1.82) is 0 Å². The predicted molar refractivity (Wildman–Crippen MR) is 43.9 cm³/mol. The zero-order chi connectivity index (χ0) is 8.97. The fourth-order valence-corrected chi connectivity index (χ4v) is 0.860. The molecule has 0 saturated carbocycles. The van der Waals surface area contributed by atoms with Crippen LogP contribution in [0.5, 0.6) is 0 Å². The van der Waals surface area contributed by atoms with E-state index in [1.54, 1.807) is 10.9 Å². The van der Waals surface area contributed by atoms with Gasteiger partial charge in [0.1, 0.15) is 0 Å². The van der Waals surface area contributed by atoms with E-state index < -0.39 is 0 Å². The summed E-state index contributed by atoms with van der Waals surface area (Å²) in [6.45, 7) is 3.07. The summed E-state index contributed by atoms with van der Waals surface area (Å²) >= 11 is 0. The lowest BCUT2D eigenvalue weighted by Gasteiger charge is -2.08. The van der Waals surface area contributed by atoms with Crippen molar-refractivity contribution in [2.75, 3.05) is 6.54 Å². The summed E-state index contributed by atoms with van der Waals surface area (Å²) in [5.41, 5.74) is 1.10. The smallest absolute Gasteiger partial charge is 0.223 e. The van der Waals surface area contributed by atoms with E-state index >= 15 is 0 Å². The summed E-state index contributed by atoms with van der Waals surface area (Å²) in [4.78, 5) is 10.1. The average Bonchev–Trinajstić information content (AvgIpc) is 2.47. The largest absolute Gasteiger partial charge is 0.281 e. The third-order valence-electron chi connectivity index (χ3n) is 1.49. The van der Waals surface area contributed by atoms with E-state index in [9.17, 15) is 4.79 Å².